The molecule has 0 unspecified atom stereocenters. The number of alkyl halides is 1. The van der Waals surface area contributed by atoms with Crippen LogP contribution in [0.25, 0.3) is 11.1 Å². The fourth-order valence-electron chi connectivity index (χ4n) is 5.38. The van der Waals surface area contributed by atoms with Crippen LogP contribution in [0.4, 0.5) is 8.78 Å². The van der Waals surface area contributed by atoms with Crippen LogP contribution < -0.4 is 10.5 Å². The molecule has 2 aromatic rings. The van der Waals surface area contributed by atoms with Gasteiger partial charge in [0.25, 0.3) is 5.91 Å². The zero-order chi connectivity index (χ0) is 26.6. The third-order valence-corrected chi connectivity index (χ3v) is 7.28. The molecule has 4 rings (SSSR count). The highest BCUT2D eigenvalue weighted by molar-refractivity contribution is 6.03. The summed E-state index contributed by atoms with van der Waals surface area (Å²) in [6.07, 6.45) is 3.97. The molecule has 2 N–H and O–H groups in total. The summed E-state index contributed by atoms with van der Waals surface area (Å²) in [6.45, 7) is 6.36. The Morgan fingerprint density at radius 2 is 1.73 bits per heavy atom. The molecule has 2 heterocycles. The highest BCUT2D eigenvalue weighted by atomic mass is 19.1. The van der Waals surface area contributed by atoms with Gasteiger partial charge in [-0.15, -0.1) is 0 Å². The lowest BCUT2D eigenvalue weighted by atomic mass is 9.95. The molecule has 0 bridgehead atoms. The van der Waals surface area contributed by atoms with Crippen molar-refractivity contribution in [1.82, 2.24) is 9.80 Å². The number of rotatable bonds is 8. The molecule has 6 nitrogen and oxygen atoms in total. The number of benzene rings is 2. The number of nitrogens with two attached hydrogens (primary N) is 1. The van der Waals surface area contributed by atoms with Crippen LogP contribution in [0, 0.1) is 11.7 Å². The van der Waals surface area contributed by atoms with Gasteiger partial charge in [-0.05, 0) is 94.3 Å². The molecule has 0 aliphatic carbocycles. The first kappa shape index (κ1) is 27.0. The van der Waals surface area contributed by atoms with Crippen molar-refractivity contribution in [3.63, 3.8) is 0 Å². The van der Waals surface area contributed by atoms with Crippen molar-refractivity contribution in [2.24, 2.45) is 11.7 Å². The predicted octanol–water partition coefficient (Wildman–Crippen LogP) is 4.81. The summed E-state index contributed by atoms with van der Waals surface area (Å²) in [5.74, 6) is -0.595. The lowest BCUT2D eigenvalue weighted by Crippen LogP contribution is -2.50. The molecular formula is C29H37F2N3O3. The van der Waals surface area contributed by atoms with Gasteiger partial charge < -0.3 is 20.3 Å². The van der Waals surface area contributed by atoms with Gasteiger partial charge >= 0.3 is 0 Å². The molecule has 0 spiro atoms. The van der Waals surface area contributed by atoms with Gasteiger partial charge in [-0.3, -0.25) is 9.59 Å². The number of likely N-dealkylation sites (tertiary alicyclic amines) is 2. The zero-order valence-electron chi connectivity index (χ0n) is 21.7. The molecule has 37 heavy (non-hydrogen) atoms. The number of carbonyl (C=O) groups excluding carboxylic acids is 2. The highest BCUT2D eigenvalue weighted by Gasteiger charge is 2.33. The number of halogens is 2. The Morgan fingerprint density at radius 3 is 2.38 bits per heavy atom. The lowest BCUT2D eigenvalue weighted by Gasteiger charge is -2.34. The van der Waals surface area contributed by atoms with Crippen molar-refractivity contribution in [3.05, 3.63) is 53.8 Å². The minimum atomic E-state index is -1.19. The van der Waals surface area contributed by atoms with E-state index in [4.69, 9.17) is 10.5 Å². The van der Waals surface area contributed by atoms with E-state index in [-0.39, 0.29) is 5.56 Å². The van der Waals surface area contributed by atoms with Crippen LogP contribution in [0.3, 0.4) is 0 Å². The topological polar surface area (TPSA) is 75.9 Å². The molecule has 2 saturated heterocycles. The van der Waals surface area contributed by atoms with Gasteiger partial charge in [0.15, 0.2) is 0 Å². The summed E-state index contributed by atoms with van der Waals surface area (Å²) in [6, 6.07) is 11.1. The van der Waals surface area contributed by atoms with Crippen LogP contribution in [0.15, 0.2) is 42.5 Å². The number of nitrogens with zero attached hydrogens (tertiary/aromatic N) is 2. The Hall–Kier alpha value is -3.00. The van der Waals surface area contributed by atoms with Crippen molar-refractivity contribution in [1.29, 1.82) is 0 Å². The largest absolute Gasteiger partial charge is 0.493 e. The van der Waals surface area contributed by atoms with Crippen LogP contribution in [-0.2, 0) is 4.79 Å². The maximum Gasteiger partial charge on any atom is 0.258 e. The van der Waals surface area contributed by atoms with Gasteiger partial charge in [0, 0.05) is 13.1 Å². The van der Waals surface area contributed by atoms with E-state index < -0.39 is 29.3 Å². The molecule has 2 fully saturated rings. The second-order valence-electron chi connectivity index (χ2n) is 10.8. The maximum atomic E-state index is 15.0. The van der Waals surface area contributed by atoms with Crippen LogP contribution in [-0.4, -0.2) is 66.1 Å². The molecular weight excluding hydrogens is 476 g/mol. The molecule has 0 saturated carbocycles. The van der Waals surface area contributed by atoms with Crippen molar-refractivity contribution >= 4 is 11.8 Å². The van der Waals surface area contributed by atoms with Gasteiger partial charge in [-0.2, -0.15) is 0 Å². The van der Waals surface area contributed by atoms with E-state index in [0.29, 0.717) is 48.9 Å². The molecule has 0 aromatic heterocycles. The number of amides is 2. The van der Waals surface area contributed by atoms with E-state index >= 15 is 0 Å². The first-order valence-corrected chi connectivity index (χ1v) is 13.2. The zero-order valence-corrected chi connectivity index (χ0v) is 21.7. The van der Waals surface area contributed by atoms with Crippen molar-refractivity contribution in [2.75, 3.05) is 32.8 Å². The third-order valence-electron chi connectivity index (χ3n) is 7.28. The minimum absolute atomic E-state index is 0.0486. The average Bonchev–Trinajstić information content (AvgIpc) is 2.87. The monoisotopic (exact) mass is 513 g/mol. The van der Waals surface area contributed by atoms with Crippen LogP contribution in [0.5, 0.6) is 5.75 Å². The molecule has 8 heteroatoms. The normalized spacial score (nSPS) is 19.6. The van der Waals surface area contributed by atoms with Crippen molar-refractivity contribution in [2.45, 2.75) is 57.7 Å². The van der Waals surface area contributed by atoms with E-state index in [0.717, 1.165) is 38.8 Å². The van der Waals surface area contributed by atoms with Gasteiger partial charge in [0.05, 0.1) is 12.2 Å². The first-order valence-electron chi connectivity index (χ1n) is 13.2. The minimum Gasteiger partial charge on any atom is -0.493 e. The van der Waals surface area contributed by atoms with Crippen LogP contribution >= 0.6 is 0 Å². The Bertz CT molecular complexity index is 1090. The molecule has 1 atom stereocenters. The Balaban J connectivity index is 1.42. The van der Waals surface area contributed by atoms with Crippen LogP contribution in [0.1, 0.15) is 56.3 Å². The molecule has 2 amide bonds. The Kier molecular flexibility index (Phi) is 8.47. The second-order valence-corrected chi connectivity index (χ2v) is 10.8. The molecule has 2 aliphatic rings. The SMILES string of the molecule is CC(C)(F)CN1CCC(COc2ccc(-c3cccc(F)c3C(=O)N3CCCC[C@H]3C(N)=O)cc2)CC1. The van der Waals surface area contributed by atoms with Crippen molar-refractivity contribution < 1.29 is 23.1 Å². The van der Waals surface area contributed by atoms with E-state index in [1.54, 1.807) is 26.0 Å². The molecule has 2 aromatic carbocycles. The molecule has 2 aliphatic heterocycles. The summed E-state index contributed by atoms with van der Waals surface area (Å²) in [4.78, 5) is 28.9. The van der Waals surface area contributed by atoms with E-state index in [1.807, 2.05) is 24.3 Å². The Labute approximate surface area is 217 Å². The maximum absolute atomic E-state index is 15.0. The number of piperidine rings is 2. The lowest BCUT2D eigenvalue weighted by molar-refractivity contribution is -0.123. The number of hydrogen-bond donors (Lipinski definition) is 1. The summed E-state index contributed by atoms with van der Waals surface area (Å²) in [5.41, 5.74) is 5.45. The standard InChI is InChI=1S/C29H37F2N3O3/c1-29(2,31)19-33-16-13-20(14-17-33)18-37-22-11-9-21(10-12-22)23-6-5-7-24(30)26(23)28(36)34-15-4-3-8-25(34)27(32)35/h5-7,9-12,20,25H,3-4,8,13-19H2,1-2H3,(H2,32,35)/t25-/m0/s1. The Morgan fingerprint density at radius 1 is 1.03 bits per heavy atom. The second kappa shape index (κ2) is 11.6. The predicted molar refractivity (Wildman–Crippen MR) is 140 cm³/mol. The van der Waals surface area contributed by atoms with E-state index in [9.17, 15) is 18.4 Å². The summed E-state index contributed by atoms with van der Waals surface area (Å²) >= 11 is 0. The first-order chi connectivity index (χ1) is 17.6. The average molecular weight is 514 g/mol. The van der Waals surface area contributed by atoms with E-state index in [1.165, 1.54) is 11.0 Å². The quantitative estimate of drug-likeness (QED) is 0.550. The highest BCUT2D eigenvalue weighted by Crippen LogP contribution is 2.31. The number of hydrogen-bond acceptors (Lipinski definition) is 4. The molecule has 200 valence electrons. The number of ether oxygens (including phenoxy) is 1. The summed E-state index contributed by atoms with van der Waals surface area (Å²) < 4.78 is 34.9. The van der Waals surface area contributed by atoms with Crippen LogP contribution in [0.2, 0.25) is 0 Å². The van der Waals surface area contributed by atoms with Gasteiger partial charge in [-0.25, -0.2) is 8.78 Å². The smallest absolute Gasteiger partial charge is 0.258 e. The van der Waals surface area contributed by atoms with Gasteiger partial charge in [0.1, 0.15) is 23.3 Å². The fraction of sp³-hybridized carbons (Fsp3) is 0.517. The fourth-order valence-corrected chi connectivity index (χ4v) is 5.38. The van der Waals surface area contributed by atoms with Gasteiger partial charge in [-0.1, -0.05) is 24.3 Å². The van der Waals surface area contributed by atoms with Crippen molar-refractivity contribution in [3.8, 4) is 16.9 Å². The summed E-state index contributed by atoms with van der Waals surface area (Å²) in [5, 5.41) is 0. The third kappa shape index (κ3) is 6.86. The molecule has 0 radical (unpaired) electrons. The number of primary amides is 1. The summed E-state index contributed by atoms with van der Waals surface area (Å²) in [7, 11) is 0. The van der Waals surface area contributed by atoms with Gasteiger partial charge in [0.2, 0.25) is 5.91 Å². The number of carbonyl (C=O) groups is 2. The van der Waals surface area contributed by atoms with E-state index in [2.05, 4.69) is 4.90 Å².